The zero-order valence-electron chi connectivity index (χ0n) is 16.9. The predicted molar refractivity (Wildman–Crippen MR) is 117 cm³/mol. The van der Waals surface area contributed by atoms with Gasteiger partial charge in [0.1, 0.15) is 5.01 Å². The molecule has 30 heavy (non-hydrogen) atoms. The second kappa shape index (κ2) is 7.65. The van der Waals surface area contributed by atoms with E-state index in [0.717, 1.165) is 35.4 Å². The lowest BCUT2D eigenvalue weighted by Gasteiger charge is -2.24. The first kappa shape index (κ1) is 18.9. The van der Waals surface area contributed by atoms with Crippen molar-refractivity contribution >= 4 is 27.5 Å². The van der Waals surface area contributed by atoms with Crippen molar-refractivity contribution < 1.29 is 9.21 Å². The van der Waals surface area contributed by atoms with Gasteiger partial charge in [0.25, 0.3) is 5.91 Å². The molecule has 1 aliphatic rings. The highest BCUT2D eigenvalue weighted by Gasteiger charge is 2.33. The Morgan fingerprint density at radius 1 is 1.10 bits per heavy atom. The highest BCUT2D eigenvalue weighted by atomic mass is 32.1. The van der Waals surface area contributed by atoms with Gasteiger partial charge in [0.15, 0.2) is 0 Å². The first-order valence-electron chi connectivity index (χ1n) is 10.1. The largest absolute Gasteiger partial charge is 0.425 e. The summed E-state index contributed by atoms with van der Waals surface area (Å²) in [7, 11) is 1.88. The molecule has 4 aromatic rings. The summed E-state index contributed by atoms with van der Waals surface area (Å²) in [6, 6.07) is 16.1. The fourth-order valence-corrected chi connectivity index (χ4v) is 5.10. The van der Waals surface area contributed by atoms with Crippen LogP contribution in [0.2, 0.25) is 0 Å². The van der Waals surface area contributed by atoms with Crippen LogP contribution in [0.1, 0.15) is 47.3 Å². The zero-order valence-corrected chi connectivity index (χ0v) is 17.7. The van der Waals surface area contributed by atoms with Gasteiger partial charge in [-0.25, -0.2) is 4.98 Å². The third-order valence-electron chi connectivity index (χ3n) is 5.84. The summed E-state index contributed by atoms with van der Waals surface area (Å²) in [4.78, 5) is 19.6. The molecule has 2 aromatic carbocycles. The van der Waals surface area contributed by atoms with Gasteiger partial charge in [-0.2, -0.15) is 0 Å². The first-order chi connectivity index (χ1) is 14.6. The van der Waals surface area contributed by atoms with Crippen LogP contribution in [0.4, 0.5) is 0 Å². The standard InChI is InChI=1S/C23H22N4O2S/c1-14-25-26-21(29-14)17-11-12-18(13-17)27(2)23(28)16-9-7-15(8-10-16)22-24-19-5-3-4-6-20(19)30-22/h3-10,17-18H,11-13H2,1-2H3. The topological polar surface area (TPSA) is 72.1 Å². The highest BCUT2D eigenvalue weighted by Crippen LogP contribution is 2.36. The van der Waals surface area contributed by atoms with Gasteiger partial charge >= 0.3 is 0 Å². The lowest BCUT2D eigenvalue weighted by molar-refractivity contribution is 0.0733. The molecular weight excluding hydrogens is 396 g/mol. The van der Waals surface area contributed by atoms with Crippen LogP contribution in [0.15, 0.2) is 52.9 Å². The van der Waals surface area contributed by atoms with Crippen molar-refractivity contribution in [3.05, 3.63) is 65.9 Å². The number of hydrogen-bond donors (Lipinski definition) is 0. The number of fused-ring (bicyclic) bond motifs is 1. The van der Waals surface area contributed by atoms with Crippen LogP contribution in [0, 0.1) is 6.92 Å². The second-order valence-corrected chi connectivity index (χ2v) is 8.83. The van der Waals surface area contributed by atoms with E-state index in [2.05, 4.69) is 16.3 Å². The highest BCUT2D eigenvalue weighted by molar-refractivity contribution is 7.21. The maximum absolute atomic E-state index is 13.0. The van der Waals surface area contributed by atoms with Gasteiger partial charge in [0, 0.05) is 37.1 Å². The Kier molecular flexibility index (Phi) is 4.83. The molecule has 0 aliphatic heterocycles. The van der Waals surface area contributed by atoms with Crippen molar-refractivity contribution in [3.8, 4) is 10.6 Å². The van der Waals surface area contributed by atoms with Crippen LogP contribution in [0.3, 0.4) is 0 Å². The molecule has 0 radical (unpaired) electrons. The number of nitrogens with zero attached hydrogens (tertiary/aromatic N) is 4. The van der Waals surface area contributed by atoms with Gasteiger partial charge in [-0.15, -0.1) is 21.5 Å². The molecule has 0 N–H and O–H groups in total. The monoisotopic (exact) mass is 418 g/mol. The predicted octanol–water partition coefficient (Wildman–Crippen LogP) is 5.06. The van der Waals surface area contributed by atoms with Crippen molar-refractivity contribution in [2.24, 2.45) is 0 Å². The summed E-state index contributed by atoms with van der Waals surface area (Å²) < 4.78 is 6.75. The van der Waals surface area contributed by atoms with Gasteiger partial charge in [0.2, 0.25) is 11.8 Å². The Hall–Kier alpha value is -3.06. The molecule has 1 amide bonds. The number of aryl methyl sites for hydroxylation is 1. The number of rotatable bonds is 4. The molecule has 0 spiro atoms. The quantitative estimate of drug-likeness (QED) is 0.463. The molecule has 0 bridgehead atoms. The molecule has 2 aromatic heterocycles. The number of carbonyl (C=O) groups excluding carboxylic acids is 1. The van der Waals surface area contributed by atoms with Gasteiger partial charge in [-0.1, -0.05) is 24.3 Å². The molecule has 5 rings (SSSR count). The molecule has 2 heterocycles. The summed E-state index contributed by atoms with van der Waals surface area (Å²) >= 11 is 1.66. The average Bonchev–Trinajstić information content (AvgIpc) is 3.51. The third kappa shape index (κ3) is 3.50. The molecule has 1 saturated carbocycles. The number of amides is 1. The third-order valence-corrected chi connectivity index (χ3v) is 6.92. The van der Waals surface area contributed by atoms with Crippen LogP contribution < -0.4 is 0 Å². The van der Waals surface area contributed by atoms with Crippen LogP contribution in [0.5, 0.6) is 0 Å². The Bertz CT molecular complexity index is 1160. The molecule has 1 fully saturated rings. The van der Waals surface area contributed by atoms with E-state index in [0.29, 0.717) is 17.3 Å². The van der Waals surface area contributed by atoms with Crippen LogP contribution in [-0.2, 0) is 0 Å². The van der Waals surface area contributed by atoms with Crippen LogP contribution in [-0.4, -0.2) is 39.1 Å². The minimum Gasteiger partial charge on any atom is -0.425 e. The number of benzene rings is 2. The van der Waals surface area contributed by atoms with Crippen molar-refractivity contribution in [1.82, 2.24) is 20.1 Å². The number of aromatic nitrogens is 3. The van der Waals surface area contributed by atoms with E-state index in [4.69, 9.17) is 9.40 Å². The molecule has 0 saturated heterocycles. The van der Waals surface area contributed by atoms with Crippen molar-refractivity contribution in [3.63, 3.8) is 0 Å². The maximum atomic E-state index is 13.0. The maximum Gasteiger partial charge on any atom is 0.253 e. The van der Waals surface area contributed by atoms with E-state index in [1.165, 1.54) is 4.70 Å². The van der Waals surface area contributed by atoms with E-state index >= 15 is 0 Å². The lowest BCUT2D eigenvalue weighted by Crippen LogP contribution is -2.35. The van der Waals surface area contributed by atoms with Crippen LogP contribution >= 0.6 is 11.3 Å². The fourth-order valence-electron chi connectivity index (χ4n) is 4.13. The smallest absolute Gasteiger partial charge is 0.253 e. The van der Waals surface area contributed by atoms with E-state index in [1.807, 2.05) is 54.4 Å². The summed E-state index contributed by atoms with van der Waals surface area (Å²) in [5.74, 6) is 1.55. The van der Waals surface area contributed by atoms with Crippen molar-refractivity contribution in [2.75, 3.05) is 7.05 Å². The summed E-state index contributed by atoms with van der Waals surface area (Å²) in [6.07, 6.45) is 2.76. The number of para-hydroxylation sites is 1. The van der Waals surface area contributed by atoms with Gasteiger partial charge in [-0.05, 0) is 43.5 Å². The minimum atomic E-state index is 0.0400. The number of hydrogen-bond acceptors (Lipinski definition) is 6. The van der Waals surface area contributed by atoms with Crippen molar-refractivity contribution in [2.45, 2.75) is 38.1 Å². The average molecular weight is 419 g/mol. The normalized spacial score (nSPS) is 18.7. The fraction of sp³-hybridized carbons (Fsp3) is 0.304. The summed E-state index contributed by atoms with van der Waals surface area (Å²) in [6.45, 7) is 1.80. The van der Waals surface area contributed by atoms with E-state index < -0.39 is 0 Å². The molecule has 2 unspecified atom stereocenters. The molecular formula is C23H22N4O2S. The Morgan fingerprint density at radius 3 is 2.63 bits per heavy atom. The lowest BCUT2D eigenvalue weighted by atomic mass is 10.1. The minimum absolute atomic E-state index is 0.0400. The first-order valence-corrected chi connectivity index (χ1v) is 10.9. The van der Waals surface area contributed by atoms with Crippen LogP contribution in [0.25, 0.3) is 20.8 Å². The van der Waals surface area contributed by atoms with Gasteiger partial charge in [-0.3, -0.25) is 4.79 Å². The SMILES string of the molecule is Cc1nnc(C2CCC(N(C)C(=O)c3ccc(-c4nc5ccccc5s4)cc3)C2)o1. The second-order valence-electron chi connectivity index (χ2n) is 7.80. The summed E-state index contributed by atoms with van der Waals surface area (Å²) in [5.41, 5.74) is 2.73. The Labute approximate surface area is 178 Å². The number of carbonyl (C=O) groups is 1. The van der Waals surface area contributed by atoms with Gasteiger partial charge in [0.05, 0.1) is 10.2 Å². The molecule has 2 atom stereocenters. The number of thiazole rings is 1. The summed E-state index contributed by atoms with van der Waals surface area (Å²) in [5, 5.41) is 9.05. The molecule has 7 heteroatoms. The molecule has 1 aliphatic carbocycles. The molecule has 152 valence electrons. The van der Waals surface area contributed by atoms with E-state index in [9.17, 15) is 4.79 Å². The zero-order chi connectivity index (χ0) is 20.7. The van der Waals surface area contributed by atoms with E-state index in [-0.39, 0.29) is 17.9 Å². The van der Waals surface area contributed by atoms with Crippen molar-refractivity contribution in [1.29, 1.82) is 0 Å². The Balaban J connectivity index is 1.29. The molecule has 6 nitrogen and oxygen atoms in total. The van der Waals surface area contributed by atoms with Gasteiger partial charge < -0.3 is 9.32 Å². The van der Waals surface area contributed by atoms with E-state index in [1.54, 1.807) is 18.3 Å². The Morgan fingerprint density at radius 2 is 1.90 bits per heavy atom.